The van der Waals surface area contributed by atoms with Gasteiger partial charge in [-0.2, -0.15) is 0 Å². The molecule has 16 aromatic rings. The fourth-order valence-electron chi connectivity index (χ4n) is 13.1. The van der Waals surface area contributed by atoms with Crippen LogP contribution in [0.3, 0.4) is 0 Å². The van der Waals surface area contributed by atoms with Crippen molar-refractivity contribution >= 4 is 110 Å². The van der Waals surface area contributed by atoms with Crippen LogP contribution in [0.5, 0.6) is 0 Å². The Bertz CT molecular complexity index is 4750. The molecule has 0 amide bonds. The molecule has 4 heteroatoms. The van der Waals surface area contributed by atoms with Crippen LogP contribution in [0.25, 0.3) is 110 Å². The predicted molar refractivity (Wildman–Crippen MR) is 348 cm³/mol. The molecule has 4 nitrogen and oxygen atoms in total. The molecule has 0 aliphatic carbocycles. The second-order valence-electron chi connectivity index (χ2n) is 21.2. The summed E-state index contributed by atoms with van der Waals surface area (Å²) in [5.74, 6) is 0. The van der Waals surface area contributed by atoms with Gasteiger partial charge in [0.25, 0.3) is 0 Å². The summed E-state index contributed by atoms with van der Waals surface area (Å²) in [7, 11) is 0. The summed E-state index contributed by atoms with van der Waals surface area (Å²) in [4.78, 5) is 4.94. The fourth-order valence-corrected chi connectivity index (χ4v) is 13.1. The second kappa shape index (κ2) is 19.5. The molecule has 0 atom stereocenters. The molecule has 0 aliphatic heterocycles. The van der Waals surface area contributed by atoms with Gasteiger partial charge in [-0.1, -0.05) is 218 Å². The smallest absolute Gasteiger partial charge is 0.0619 e. The minimum Gasteiger partial charge on any atom is -0.310 e. The highest BCUT2D eigenvalue weighted by Crippen LogP contribution is 2.50. The zero-order valence-electron chi connectivity index (χ0n) is 44.8. The topological polar surface area (TPSA) is 16.3 Å². The molecular formula is C78H52N4. The van der Waals surface area contributed by atoms with Gasteiger partial charge in [0.05, 0.1) is 33.4 Å². The van der Waals surface area contributed by atoms with E-state index in [2.05, 4.69) is 334 Å². The maximum absolute atomic E-state index is 2.47. The van der Waals surface area contributed by atoms with Gasteiger partial charge in [0.1, 0.15) is 0 Å². The van der Waals surface area contributed by atoms with Crippen molar-refractivity contribution in [1.29, 1.82) is 0 Å². The number of anilines is 6. The van der Waals surface area contributed by atoms with Gasteiger partial charge >= 0.3 is 0 Å². The first-order chi connectivity index (χ1) is 40.7. The second-order valence-corrected chi connectivity index (χ2v) is 21.2. The Morgan fingerprint density at radius 2 is 0.573 bits per heavy atom. The molecule has 0 bridgehead atoms. The zero-order valence-corrected chi connectivity index (χ0v) is 44.8. The van der Waals surface area contributed by atoms with E-state index in [0.717, 1.165) is 61.9 Å². The molecule has 2 heterocycles. The third-order valence-electron chi connectivity index (χ3n) is 16.6. The largest absolute Gasteiger partial charge is 0.310 e. The lowest BCUT2D eigenvalue weighted by Crippen LogP contribution is -2.12. The van der Waals surface area contributed by atoms with Crippen LogP contribution >= 0.6 is 0 Å². The van der Waals surface area contributed by atoms with Crippen LogP contribution in [0, 0.1) is 0 Å². The Labute approximate surface area is 475 Å². The zero-order chi connectivity index (χ0) is 54.1. The van der Waals surface area contributed by atoms with Crippen LogP contribution in [-0.2, 0) is 0 Å². The van der Waals surface area contributed by atoms with Crippen molar-refractivity contribution in [1.82, 2.24) is 9.13 Å². The van der Waals surface area contributed by atoms with E-state index in [4.69, 9.17) is 0 Å². The van der Waals surface area contributed by atoms with E-state index >= 15 is 0 Å². The highest BCUT2D eigenvalue weighted by atomic mass is 15.2. The molecule has 0 saturated carbocycles. The molecule has 0 aliphatic rings. The number of rotatable bonds is 10. The summed E-state index contributed by atoms with van der Waals surface area (Å²) in [6.45, 7) is 0. The van der Waals surface area contributed by atoms with E-state index < -0.39 is 0 Å². The van der Waals surface area contributed by atoms with Crippen molar-refractivity contribution in [3.05, 3.63) is 315 Å². The van der Waals surface area contributed by atoms with E-state index in [1.807, 2.05) is 0 Å². The lowest BCUT2D eigenvalue weighted by atomic mass is 9.93. The molecule has 0 N–H and O–H groups in total. The van der Waals surface area contributed by atoms with E-state index in [1.54, 1.807) is 0 Å². The van der Waals surface area contributed by atoms with Crippen molar-refractivity contribution in [3.8, 4) is 33.6 Å². The van der Waals surface area contributed by atoms with Crippen molar-refractivity contribution < 1.29 is 0 Å². The van der Waals surface area contributed by atoms with Gasteiger partial charge in [-0.25, -0.2) is 0 Å². The monoisotopic (exact) mass is 1040 g/mol. The van der Waals surface area contributed by atoms with Crippen LogP contribution in [0.2, 0.25) is 0 Å². The summed E-state index contributed by atoms with van der Waals surface area (Å²) in [6, 6.07) is 115. The van der Waals surface area contributed by atoms with Gasteiger partial charge in [0, 0.05) is 77.6 Å². The predicted octanol–water partition coefficient (Wildman–Crippen LogP) is 21.6. The summed E-state index contributed by atoms with van der Waals surface area (Å²) in [6.07, 6.45) is 0. The van der Waals surface area contributed by atoms with Crippen molar-refractivity contribution in [3.63, 3.8) is 0 Å². The molecule has 0 fully saturated rings. The highest BCUT2D eigenvalue weighted by Gasteiger charge is 2.25. The third kappa shape index (κ3) is 7.61. The van der Waals surface area contributed by atoms with Crippen LogP contribution < -0.4 is 9.80 Å². The molecule has 82 heavy (non-hydrogen) atoms. The maximum Gasteiger partial charge on any atom is 0.0619 e. The summed E-state index contributed by atoms with van der Waals surface area (Å²) in [5.41, 5.74) is 18.2. The average molecular weight is 1050 g/mol. The van der Waals surface area contributed by atoms with Crippen molar-refractivity contribution in [2.75, 3.05) is 9.80 Å². The Morgan fingerprint density at radius 1 is 0.232 bits per heavy atom. The van der Waals surface area contributed by atoms with Crippen molar-refractivity contribution in [2.45, 2.75) is 0 Å². The molecule has 16 rings (SSSR count). The normalized spacial score (nSPS) is 11.7. The van der Waals surface area contributed by atoms with E-state index in [9.17, 15) is 0 Å². The number of fused-ring (bicyclic) bond motifs is 11. The first-order valence-electron chi connectivity index (χ1n) is 28.2. The fraction of sp³-hybridized carbons (Fsp3) is 0. The molecule has 0 radical (unpaired) electrons. The number of para-hydroxylation sites is 6. The summed E-state index contributed by atoms with van der Waals surface area (Å²) in [5, 5.41) is 11.9. The number of hydrogen-bond donors (Lipinski definition) is 0. The lowest BCUT2D eigenvalue weighted by Gasteiger charge is -2.30. The maximum atomic E-state index is 2.47. The molecule has 0 saturated heterocycles. The number of nitrogens with zero attached hydrogens (tertiary/aromatic N) is 4. The molecule has 384 valence electrons. The van der Waals surface area contributed by atoms with Crippen LogP contribution in [0.15, 0.2) is 315 Å². The van der Waals surface area contributed by atoms with Crippen molar-refractivity contribution in [2.24, 2.45) is 0 Å². The quantitative estimate of drug-likeness (QED) is 0.127. The molecule has 0 unspecified atom stereocenters. The number of benzene rings is 14. The van der Waals surface area contributed by atoms with Gasteiger partial charge in [-0.3, -0.25) is 0 Å². The third-order valence-corrected chi connectivity index (χ3v) is 16.6. The molecular weight excluding hydrogens is 993 g/mol. The van der Waals surface area contributed by atoms with Gasteiger partial charge < -0.3 is 18.9 Å². The van der Waals surface area contributed by atoms with Crippen LogP contribution in [0.4, 0.5) is 34.1 Å². The molecule has 0 spiro atoms. The highest BCUT2D eigenvalue weighted by molar-refractivity contribution is 6.27. The number of aromatic nitrogens is 2. The Kier molecular flexibility index (Phi) is 11.2. The SMILES string of the molecule is c1ccc(-c2cccc3c4cc(N(c5ccccc5)c5cc6cc(N(c7ccccc7)c7ccc8c(c7)c7cccc(-c9ccccc9)c7n8-c7ccccc7)c7ccccc7c6c6ccccc56)ccc4n(-c4ccccc4)c23)cc1. The standard InChI is InChI=1S/C78H52N4/c1-7-25-53(26-8-1)62-41-23-43-68-70-51-60(45-47-72(70)81(77(62)68)58-33-15-5-16-34-58)79(56-29-11-3-12-30-56)74-49-55-50-75(65-38-20-22-40-67(65)76(55)66-39-21-19-37-64(66)74)80(57-31-13-4-14-32-57)61-46-48-73-71(52-61)69-44-24-42-63(54-27-9-2-10-28-54)78(69)82(73)59-35-17-6-18-36-59/h1-52H. The Morgan fingerprint density at radius 3 is 0.976 bits per heavy atom. The average Bonchev–Trinajstić information content (AvgIpc) is 3.76. The van der Waals surface area contributed by atoms with E-state index in [1.165, 1.54) is 81.8 Å². The summed E-state index contributed by atoms with van der Waals surface area (Å²) >= 11 is 0. The van der Waals surface area contributed by atoms with Gasteiger partial charge in [0.2, 0.25) is 0 Å². The summed E-state index contributed by atoms with van der Waals surface area (Å²) < 4.78 is 4.89. The lowest BCUT2D eigenvalue weighted by molar-refractivity contribution is 1.18. The first-order valence-corrected chi connectivity index (χ1v) is 28.2. The van der Waals surface area contributed by atoms with Gasteiger partial charge in [0.15, 0.2) is 0 Å². The first kappa shape index (κ1) is 47.1. The molecule has 2 aromatic heterocycles. The van der Waals surface area contributed by atoms with Gasteiger partial charge in [-0.05, 0) is 130 Å². The van der Waals surface area contributed by atoms with E-state index in [0.29, 0.717) is 0 Å². The van der Waals surface area contributed by atoms with Gasteiger partial charge in [-0.15, -0.1) is 0 Å². The van der Waals surface area contributed by atoms with Crippen LogP contribution in [0.1, 0.15) is 0 Å². The molecule has 14 aromatic carbocycles. The number of hydrogen-bond acceptors (Lipinski definition) is 2. The minimum atomic E-state index is 1.07. The van der Waals surface area contributed by atoms with E-state index in [-0.39, 0.29) is 0 Å². The Hall–Kier alpha value is -10.9. The minimum absolute atomic E-state index is 1.07. The van der Waals surface area contributed by atoms with Crippen LogP contribution in [-0.4, -0.2) is 9.13 Å². The Balaban J connectivity index is 0.944.